The molecule has 0 aliphatic carbocycles. The van der Waals surface area contributed by atoms with Gasteiger partial charge in [-0.2, -0.15) is 4.37 Å². The van der Waals surface area contributed by atoms with Crippen molar-refractivity contribution in [2.45, 2.75) is 0 Å². The number of hydrogen-bond donors (Lipinski definition) is 0. The van der Waals surface area contributed by atoms with E-state index in [4.69, 9.17) is 4.74 Å². The molecule has 0 amide bonds. The smallest absolute Gasteiger partial charge is 0.343 e. The Morgan fingerprint density at radius 3 is 3.18 bits per heavy atom. The van der Waals surface area contributed by atoms with Gasteiger partial charge in [0.2, 0.25) is 5.88 Å². The second kappa shape index (κ2) is 3.92. The number of carbonyl (C=O) groups is 1. The first-order valence-electron chi connectivity index (χ1n) is 2.93. The van der Waals surface area contributed by atoms with Crippen molar-refractivity contribution in [3.05, 3.63) is 11.4 Å². The molecule has 0 fully saturated rings. The third kappa shape index (κ3) is 2.55. The Morgan fingerprint density at radius 2 is 2.64 bits per heavy atom. The summed E-state index contributed by atoms with van der Waals surface area (Å²) in [5.74, 6) is 0.0541. The summed E-state index contributed by atoms with van der Waals surface area (Å²) in [4.78, 5) is 10.5. The molecular formula is C6H7NO3S. The highest BCUT2D eigenvalue weighted by Crippen LogP contribution is 2.07. The summed E-state index contributed by atoms with van der Waals surface area (Å²) in [6.07, 6.45) is 0. The van der Waals surface area contributed by atoms with Gasteiger partial charge in [0, 0.05) is 11.4 Å². The quantitative estimate of drug-likeness (QED) is 0.631. The SMILES string of the molecule is COC(=O)COc1ccsn1. The largest absolute Gasteiger partial charge is 0.466 e. The summed E-state index contributed by atoms with van der Waals surface area (Å²) in [5, 5.41) is 1.77. The molecule has 0 aromatic carbocycles. The second-order valence-electron chi connectivity index (χ2n) is 1.70. The van der Waals surface area contributed by atoms with Gasteiger partial charge < -0.3 is 9.47 Å². The van der Waals surface area contributed by atoms with Crippen molar-refractivity contribution >= 4 is 17.5 Å². The monoisotopic (exact) mass is 173 g/mol. The van der Waals surface area contributed by atoms with E-state index in [9.17, 15) is 4.79 Å². The van der Waals surface area contributed by atoms with Crippen molar-refractivity contribution < 1.29 is 14.3 Å². The Balaban J connectivity index is 2.29. The van der Waals surface area contributed by atoms with Gasteiger partial charge in [-0.1, -0.05) is 0 Å². The van der Waals surface area contributed by atoms with Gasteiger partial charge in [-0.05, 0) is 11.5 Å². The van der Waals surface area contributed by atoms with Crippen molar-refractivity contribution in [2.24, 2.45) is 0 Å². The zero-order valence-electron chi connectivity index (χ0n) is 5.94. The van der Waals surface area contributed by atoms with Crippen molar-refractivity contribution in [2.75, 3.05) is 13.7 Å². The lowest BCUT2D eigenvalue weighted by molar-refractivity contribution is -0.143. The molecule has 0 bridgehead atoms. The lowest BCUT2D eigenvalue weighted by Crippen LogP contribution is -2.12. The molecular weight excluding hydrogens is 166 g/mol. The van der Waals surface area contributed by atoms with E-state index in [1.807, 2.05) is 0 Å². The zero-order valence-corrected chi connectivity index (χ0v) is 6.76. The molecule has 0 saturated heterocycles. The Morgan fingerprint density at radius 1 is 1.82 bits per heavy atom. The maximum absolute atomic E-state index is 10.5. The summed E-state index contributed by atoms with van der Waals surface area (Å²) < 4.78 is 13.1. The highest BCUT2D eigenvalue weighted by Gasteiger charge is 2.01. The van der Waals surface area contributed by atoms with Gasteiger partial charge in [0.15, 0.2) is 6.61 Å². The van der Waals surface area contributed by atoms with E-state index in [1.165, 1.54) is 18.6 Å². The lowest BCUT2D eigenvalue weighted by Gasteiger charge is -1.98. The van der Waals surface area contributed by atoms with Crippen molar-refractivity contribution in [1.82, 2.24) is 4.37 Å². The molecule has 5 heteroatoms. The van der Waals surface area contributed by atoms with Gasteiger partial charge >= 0.3 is 5.97 Å². The summed E-state index contributed by atoms with van der Waals surface area (Å²) in [6, 6.07) is 1.69. The van der Waals surface area contributed by atoms with Crippen LogP contribution in [0, 0.1) is 0 Å². The predicted octanol–water partition coefficient (Wildman–Crippen LogP) is 0.695. The molecule has 0 radical (unpaired) electrons. The minimum Gasteiger partial charge on any atom is -0.466 e. The summed E-state index contributed by atoms with van der Waals surface area (Å²) in [6.45, 7) is -0.0831. The molecule has 0 atom stereocenters. The third-order valence-corrected chi connectivity index (χ3v) is 1.52. The maximum atomic E-state index is 10.5. The Bertz CT molecular complexity index is 222. The molecule has 0 N–H and O–H groups in total. The molecule has 0 saturated carbocycles. The molecule has 0 aliphatic heterocycles. The number of aromatic nitrogens is 1. The van der Waals surface area contributed by atoms with Gasteiger partial charge in [-0.15, -0.1) is 0 Å². The van der Waals surface area contributed by atoms with E-state index in [2.05, 4.69) is 9.11 Å². The van der Waals surface area contributed by atoms with Gasteiger partial charge in [-0.25, -0.2) is 4.79 Å². The number of rotatable bonds is 3. The van der Waals surface area contributed by atoms with Crippen molar-refractivity contribution in [3.8, 4) is 5.88 Å². The minimum absolute atomic E-state index is 0.0831. The molecule has 60 valence electrons. The molecule has 0 aliphatic rings. The number of esters is 1. The van der Waals surface area contributed by atoms with E-state index in [0.717, 1.165) is 0 Å². The summed E-state index contributed by atoms with van der Waals surface area (Å²) in [7, 11) is 1.31. The van der Waals surface area contributed by atoms with E-state index in [0.29, 0.717) is 5.88 Å². The van der Waals surface area contributed by atoms with E-state index in [1.54, 1.807) is 11.4 Å². The van der Waals surface area contributed by atoms with E-state index in [-0.39, 0.29) is 6.61 Å². The first-order chi connectivity index (χ1) is 5.33. The van der Waals surface area contributed by atoms with Crippen molar-refractivity contribution in [1.29, 1.82) is 0 Å². The van der Waals surface area contributed by atoms with Gasteiger partial charge in [0.05, 0.1) is 7.11 Å². The second-order valence-corrected chi connectivity index (χ2v) is 2.37. The maximum Gasteiger partial charge on any atom is 0.343 e. The van der Waals surface area contributed by atoms with Crippen LogP contribution >= 0.6 is 11.5 Å². The van der Waals surface area contributed by atoms with Crippen LogP contribution in [0.15, 0.2) is 11.4 Å². The Labute approximate surface area is 67.9 Å². The average Bonchev–Trinajstić information content (AvgIpc) is 2.52. The van der Waals surface area contributed by atoms with Crippen LogP contribution in [0.1, 0.15) is 0 Å². The first kappa shape index (κ1) is 8.00. The summed E-state index contributed by atoms with van der Waals surface area (Å²) in [5.41, 5.74) is 0. The number of ether oxygens (including phenoxy) is 2. The number of hydrogen-bond acceptors (Lipinski definition) is 5. The number of methoxy groups -OCH3 is 1. The molecule has 1 rings (SSSR count). The number of nitrogens with zero attached hydrogens (tertiary/aromatic N) is 1. The van der Waals surface area contributed by atoms with E-state index < -0.39 is 5.97 Å². The normalized spacial score (nSPS) is 9.18. The van der Waals surface area contributed by atoms with Gasteiger partial charge in [0.1, 0.15) is 0 Å². The molecule has 4 nitrogen and oxygen atoms in total. The van der Waals surface area contributed by atoms with Gasteiger partial charge in [-0.3, -0.25) is 0 Å². The third-order valence-electron chi connectivity index (χ3n) is 0.980. The van der Waals surface area contributed by atoms with Crippen LogP contribution in [0.3, 0.4) is 0 Å². The summed E-state index contributed by atoms with van der Waals surface area (Å²) >= 11 is 1.27. The van der Waals surface area contributed by atoms with Gasteiger partial charge in [0.25, 0.3) is 0 Å². The Hall–Kier alpha value is -1.10. The highest BCUT2D eigenvalue weighted by atomic mass is 32.1. The zero-order chi connectivity index (χ0) is 8.10. The fourth-order valence-corrected chi connectivity index (χ4v) is 0.923. The van der Waals surface area contributed by atoms with Crippen LogP contribution in [0.25, 0.3) is 0 Å². The number of carbonyl (C=O) groups excluding carboxylic acids is 1. The van der Waals surface area contributed by atoms with Crippen LogP contribution in [-0.4, -0.2) is 24.1 Å². The molecule has 1 heterocycles. The topological polar surface area (TPSA) is 48.4 Å². The molecule has 11 heavy (non-hydrogen) atoms. The Kier molecular flexibility index (Phi) is 2.85. The highest BCUT2D eigenvalue weighted by molar-refractivity contribution is 7.03. The van der Waals surface area contributed by atoms with Crippen LogP contribution in [-0.2, 0) is 9.53 Å². The van der Waals surface area contributed by atoms with Crippen LogP contribution < -0.4 is 4.74 Å². The van der Waals surface area contributed by atoms with Crippen molar-refractivity contribution in [3.63, 3.8) is 0 Å². The molecule has 1 aromatic heterocycles. The molecule has 0 spiro atoms. The minimum atomic E-state index is -0.405. The van der Waals surface area contributed by atoms with Crippen LogP contribution in [0.2, 0.25) is 0 Å². The molecule has 1 aromatic rings. The first-order valence-corrected chi connectivity index (χ1v) is 3.76. The van der Waals surface area contributed by atoms with Crippen LogP contribution in [0.4, 0.5) is 0 Å². The average molecular weight is 173 g/mol. The van der Waals surface area contributed by atoms with Crippen LogP contribution in [0.5, 0.6) is 5.88 Å². The lowest BCUT2D eigenvalue weighted by atomic mass is 10.7. The predicted molar refractivity (Wildman–Crippen MR) is 39.6 cm³/mol. The fourth-order valence-electron chi connectivity index (χ4n) is 0.468. The standard InChI is InChI=1S/C6H7NO3S/c1-9-6(8)4-10-5-2-3-11-7-5/h2-3H,4H2,1H3. The molecule has 0 unspecified atom stereocenters. The van der Waals surface area contributed by atoms with E-state index >= 15 is 0 Å². The fraction of sp³-hybridized carbons (Fsp3) is 0.333.